The van der Waals surface area contributed by atoms with Crippen LogP contribution in [0.1, 0.15) is 25.7 Å². The lowest BCUT2D eigenvalue weighted by Crippen LogP contribution is -2.23. The molecule has 160 valence electrons. The zero-order chi connectivity index (χ0) is 21.1. The van der Waals surface area contributed by atoms with Crippen LogP contribution in [-0.2, 0) is 4.79 Å². The predicted molar refractivity (Wildman–Crippen MR) is 113 cm³/mol. The van der Waals surface area contributed by atoms with Crippen molar-refractivity contribution in [2.45, 2.75) is 31.8 Å². The molecule has 1 atom stereocenters. The quantitative estimate of drug-likeness (QED) is 0.717. The standard InChI is InChI=1S/C22H24F2N2O3S/c23-17-11-15(12-18(24)22(17)26-7-4-14(13-26)10-21(27)28)19-2-1-3-20(25-19)29-16-5-8-30-9-6-16/h1-3,11-12,14,16H,4-10,13H2,(H,27,28). The van der Waals surface area contributed by atoms with Gasteiger partial charge in [-0.1, -0.05) is 6.07 Å². The molecule has 5 nitrogen and oxygen atoms in total. The van der Waals surface area contributed by atoms with Gasteiger partial charge >= 0.3 is 5.97 Å². The molecule has 1 N–H and O–H groups in total. The first-order valence-electron chi connectivity index (χ1n) is 10.2. The molecule has 2 saturated heterocycles. The number of hydrogen-bond acceptors (Lipinski definition) is 5. The van der Waals surface area contributed by atoms with E-state index in [9.17, 15) is 13.6 Å². The molecule has 2 aliphatic heterocycles. The summed E-state index contributed by atoms with van der Waals surface area (Å²) in [5, 5.41) is 8.94. The van der Waals surface area contributed by atoms with Crippen LogP contribution in [0.15, 0.2) is 30.3 Å². The van der Waals surface area contributed by atoms with E-state index in [0.29, 0.717) is 36.6 Å². The van der Waals surface area contributed by atoms with Gasteiger partial charge in [0.05, 0.1) is 5.69 Å². The lowest BCUT2D eigenvalue weighted by atomic mass is 10.1. The Kier molecular flexibility index (Phi) is 6.41. The number of carboxylic acid groups (broad SMARTS) is 1. The number of aliphatic carboxylic acids is 1. The fourth-order valence-electron chi connectivity index (χ4n) is 4.07. The van der Waals surface area contributed by atoms with Crippen LogP contribution in [0.25, 0.3) is 11.3 Å². The number of benzene rings is 1. The number of aromatic nitrogens is 1. The van der Waals surface area contributed by atoms with Crippen molar-refractivity contribution in [1.82, 2.24) is 4.98 Å². The molecule has 2 aromatic rings. The van der Waals surface area contributed by atoms with E-state index < -0.39 is 17.6 Å². The number of hydrogen-bond donors (Lipinski definition) is 1. The minimum Gasteiger partial charge on any atom is -0.481 e. The van der Waals surface area contributed by atoms with E-state index in [1.165, 1.54) is 12.1 Å². The average molecular weight is 435 g/mol. The average Bonchev–Trinajstić information content (AvgIpc) is 3.15. The second-order valence-corrected chi connectivity index (χ2v) is 9.00. The number of rotatable bonds is 6. The van der Waals surface area contributed by atoms with E-state index in [0.717, 1.165) is 24.3 Å². The van der Waals surface area contributed by atoms with Gasteiger partial charge in [-0.15, -0.1) is 0 Å². The van der Waals surface area contributed by atoms with Gasteiger partial charge in [0.1, 0.15) is 23.4 Å². The van der Waals surface area contributed by atoms with Gasteiger partial charge in [0.2, 0.25) is 5.88 Å². The molecule has 0 aliphatic carbocycles. The maximum Gasteiger partial charge on any atom is 0.303 e. The van der Waals surface area contributed by atoms with Crippen LogP contribution in [0.5, 0.6) is 5.88 Å². The highest BCUT2D eigenvalue weighted by Crippen LogP contribution is 2.34. The van der Waals surface area contributed by atoms with Gasteiger partial charge in [0.25, 0.3) is 0 Å². The molecule has 0 saturated carbocycles. The monoisotopic (exact) mass is 434 g/mol. The van der Waals surface area contributed by atoms with Crippen LogP contribution in [0.3, 0.4) is 0 Å². The molecule has 8 heteroatoms. The van der Waals surface area contributed by atoms with Crippen molar-refractivity contribution >= 4 is 23.4 Å². The van der Waals surface area contributed by atoms with E-state index in [2.05, 4.69) is 4.98 Å². The third kappa shape index (κ3) is 4.86. The van der Waals surface area contributed by atoms with Gasteiger partial charge in [0, 0.05) is 31.1 Å². The molecule has 2 fully saturated rings. The second kappa shape index (κ2) is 9.20. The molecule has 1 aromatic carbocycles. The van der Waals surface area contributed by atoms with Crippen LogP contribution in [0, 0.1) is 17.6 Å². The van der Waals surface area contributed by atoms with Crippen molar-refractivity contribution in [2.75, 3.05) is 29.5 Å². The summed E-state index contributed by atoms with van der Waals surface area (Å²) in [6.45, 7) is 0.771. The molecule has 0 radical (unpaired) electrons. The Labute approximate surface area is 178 Å². The normalized spacial score (nSPS) is 19.8. The Bertz CT molecular complexity index is 898. The first-order valence-corrected chi connectivity index (χ1v) is 11.3. The van der Waals surface area contributed by atoms with Crippen LogP contribution in [0.2, 0.25) is 0 Å². The first kappa shape index (κ1) is 20.9. The summed E-state index contributed by atoms with van der Waals surface area (Å²) in [6.07, 6.45) is 2.67. The zero-order valence-electron chi connectivity index (χ0n) is 16.5. The van der Waals surface area contributed by atoms with E-state index in [1.807, 2.05) is 11.8 Å². The summed E-state index contributed by atoms with van der Waals surface area (Å²) < 4.78 is 35.7. The minimum atomic E-state index is -0.890. The molecule has 0 bridgehead atoms. The van der Waals surface area contributed by atoms with Gasteiger partial charge in [-0.2, -0.15) is 11.8 Å². The topological polar surface area (TPSA) is 62.7 Å². The Balaban J connectivity index is 1.52. The lowest BCUT2D eigenvalue weighted by molar-refractivity contribution is -0.137. The first-order chi connectivity index (χ1) is 14.5. The van der Waals surface area contributed by atoms with Gasteiger partial charge < -0.3 is 14.7 Å². The maximum atomic E-state index is 14.9. The molecular formula is C22H24F2N2O3S. The van der Waals surface area contributed by atoms with Gasteiger partial charge in [-0.25, -0.2) is 13.8 Å². The molecule has 1 aromatic heterocycles. The van der Waals surface area contributed by atoms with Crippen LogP contribution >= 0.6 is 11.8 Å². The van der Waals surface area contributed by atoms with Crippen molar-refractivity contribution in [1.29, 1.82) is 0 Å². The van der Waals surface area contributed by atoms with E-state index in [1.54, 1.807) is 23.1 Å². The molecule has 30 heavy (non-hydrogen) atoms. The number of thioether (sulfide) groups is 1. The fraction of sp³-hybridized carbons (Fsp3) is 0.455. The lowest BCUT2D eigenvalue weighted by Gasteiger charge is -2.22. The third-order valence-corrected chi connectivity index (χ3v) is 6.61. The Morgan fingerprint density at radius 3 is 2.63 bits per heavy atom. The largest absolute Gasteiger partial charge is 0.481 e. The van der Waals surface area contributed by atoms with E-state index in [4.69, 9.17) is 9.84 Å². The number of carbonyl (C=O) groups is 1. The summed E-state index contributed by atoms with van der Waals surface area (Å²) in [5.41, 5.74) is 0.700. The summed E-state index contributed by atoms with van der Waals surface area (Å²) >= 11 is 1.91. The van der Waals surface area contributed by atoms with Crippen molar-refractivity contribution in [3.05, 3.63) is 42.0 Å². The number of ether oxygens (including phenoxy) is 1. The zero-order valence-corrected chi connectivity index (χ0v) is 17.3. The Hall–Kier alpha value is -2.35. The molecule has 1 unspecified atom stereocenters. The number of carboxylic acids is 1. The Morgan fingerprint density at radius 2 is 1.93 bits per heavy atom. The number of pyridine rings is 1. The highest BCUT2D eigenvalue weighted by molar-refractivity contribution is 7.99. The summed E-state index contributed by atoms with van der Waals surface area (Å²) in [5.74, 6) is 0.258. The highest BCUT2D eigenvalue weighted by Gasteiger charge is 2.28. The molecule has 3 heterocycles. The molecule has 0 spiro atoms. The number of nitrogens with zero attached hydrogens (tertiary/aromatic N) is 2. The second-order valence-electron chi connectivity index (χ2n) is 7.78. The number of anilines is 1. The van der Waals surface area contributed by atoms with Gasteiger partial charge in [-0.05, 0) is 54.9 Å². The maximum absolute atomic E-state index is 14.9. The van der Waals surface area contributed by atoms with Crippen molar-refractivity contribution in [3.8, 4) is 17.1 Å². The van der Waals surface area contributed by atoms with Crippen LogP contribution in [0.4, 0.5) is 14.5 Å². The van der Waals surface area contributed by atoms with Gasteiger partial charge in [-0.3, -0.25) is 4.79 Å². The smallest absolute Gasteiger partial charge is 0.303 e. The van der Waals surface area contributed by atoms with Crippen molar-refractivity contribution in [2.24, 2.45) is 5.92 Å². The third-order valence-electron chi connectivity index (χ3n) is 5.56. The fourth-order valence-corrected chi connectivity index (χ4v) is 5.13. The molecule has 4 rings (SSSR count). The molecule has 2 aliphatic rings. The molecular weight excluding hydrogens is 410 g/mol. The summed E-state index contributed by atoms with van der Waals surface area (Å²) in [7, 11) is 0. The minimum absolute atomic E-state index is 0.00815. The summed E-state index contributed by atoms with van der Waals surface area (Å²) in [4.78, 5) is 16.9. The van der Waals surface area contributed by atoms with E-state index >= 15 is 0 Å². The van der Waals surface area contributed by atoms with Crippen LogP contribution in [-0.4, -0.2) is 46.8 Å². The summed E-state index contributed by atoms with van der Waals surface area (Å²) in [6, 6.07) is 7.81. The SMILES string of the molecule is O=C(O)CC1CCN(c2c(F)cc(-c3cccc(OC4CCSCC4)n3)cc2F)C1. The Morgan fingerprint density at radius 1 is 1.20 bits per heavy atom. The van der Waals surface area contributed by atoms with Gasteiger partial charge in [0.15, 0.2) is 0 Å². The van der Waals surface area contributed by atoms with E-state index in [-0.39, 0.29) is 24.1 Å². The predicted octanol–water partition coefficient (Wildman–Crippen LogP) is 4.60. The van der Waals surface area contributed by atoms with Crippen LogP contribution < -0.4 is 9.64 Å². The van der Waals surface area contributed by atoms with Crippen molar-refractivity contribution < 1.29 is 23.4 Å². The highest BCUT2D eigenvalue weighted by atomic mass is 32.2. The number of halogens is 2. The van der Waals surface area contributed by atoms with Crippen molar-refractivity contribution in [3.63, 3.8) is 0 Å². The molecule has 0 amide bonds.